The van der Waals surface area contributed by atoms with E-state index < -0.39 is 0 Å². The fourth-order valence-corrected chi connectivity index (χ4v) is 1.98. The molecule has 0 bridgehead atoms. The van der Waals surface area contributed by atoms with Crippen molar-refractivity contribution in [3.05, 3.63) is 70.6 Å². The first-order valence-electron chi connectivity index (χ1n) is 6.05. The van der Waals surface area contributed by atoms with Crippen LogP contribution in [0.1, 0.15) is 5.56 Å². The van der Waals surface area contributed by atoms with Gasteiger partial charge in [-0.2, -0.15) is 4.98 Å². The van der Waals surface area contributed by atoms with Crippen LogP contribution in [-0.4, -0.2) is 14.8 Å². The lowest BCUT2D eigenvalue weighted by molar-refractivity contribution is 0.870. The van der Waals surface area contributed by atoms with Crippen molar-refractivity contribution in [3.8, 4) is 17.1 Å². The smallest absolute Gasteiger partial charge is 0.244 e. The van der Waals surface area contributed by atoms with Crippen LogP contribution in [0.3, 0.4) is 0 Å². The van der Waals surface area contributed by atoms with Gasteiger partial charge in [-0.25, -0.2) is 14.6 Å². The van der Waals surface area contributed by atoms with Crippen molar-refractivity contribution in [2.75, 3.05) is 0 Å². The number of aryl methyl sites for hydroxylation is 1. The van der Waals surface area contributed by atoms with E-state index in [-0.39, 0.29) is 5.69 Å². The van der Waals surface area contributed by atoms with Gasteiger partial charge in [-0.1, -0.05) is 48.0 Å². The molecule has 94 valence electrons. The van der Waals surface area contributed by atoms with E-state index in [0.29, 0.717) is 5.82 Å². The molecular weight excluding hydrogens is 238 g/mol. The molecule has 3 aromatic rings. The Kier molecular flexibility index (Phi) is 2.76. The molecule has 19 heavy (non-hydrogen) atoms. The van der Waals surface area contributed by atoms with E-state index in [1.165, 1.54) is 5.56 Å². The minimum atomic E-state index is -0.348. The second kappa shape index (κ2) is 4.57. The summed E-state index contributed by atoms with van der Waals surface area (Å²) in [5.74, 6) is 0.620. The first-order valence-corrected chi connectivity index (χ1v) is 6.05. The number of hydrogen-bond donors (Lipinski definition) is 1. The van der Waals surface area contributed by atoms with Crippen molar-refractivity contribution >= 4 is 0 Å². The molecule has 0 aliphatic heterocycles. The molecule has 4 heteroatoms. The van der Waals surface area contributed by atoms with E-state index in [2.05, 4.69) is 10.1 Å². The molecule has 0 atom stereocenters. The van der Waals surface area contributed by atoms with E-state index >= 15 is 0 Å². The number of hydrogen-bond acceptors (Lipinski definition) is 2. The summed E-state index contributed by atoms with van der Waals surface area (Å²) in [6.45, 7) is 2.03. The van der Waals surface area contributed by atoms with Gasteiger partial charge in [-0.3, -0.25) is 0 Å². The van der Waals surface area contributed by atoms with Gasteiger partial charge in [0.2, 0.25) is 0 Å². The Morgan fingerprint density at radius 1 is 1.00 bits per heavy atom. The van der Waals surface area contributed by atoms with Gasteiger partial charge in [0.05, 0.1) is 5.69 Å². The van der Waals surface area contributed by atoms with Crippen LogP contribution >= 0.6 is 0 Å². The zero-order valence-electron chi connectivity index (χ0n) is 10.5. The third-order valence-corrected chi connectivity index (χ3v) is 2.95. The Morgan fingerprint density at radius 2 is 1.68 bits per heavy atom. The van der Waals surface area contributed by atoms with E-state index in [0.717, 1.165) is 11.3 Å². The summed E-state index contributed by atoms with van der Waals surface area (Å²) in [5, 5.41) is 2.73. The predicted octanol–water partition coefficient (Wildman–Crippen LogP) is 2.54. The minimum absolute atomic E-state index is 0.348. The Labute approximate surface area is 110 Å². The number of H-pyrrole nitrogens is 1. The molecule has 4 nitrogen and oxygen atoms in total. The molecule has 1 heterocycles. The van der Waals surface area contributed by atoms with Crippen molar-refractivity contribution < 1.29 is 0 Å². The van der Waals surface area contributed by atoms with Crippen LogP contribution in [0.4, 0.5) is 0 Å². The second-order valence-electron chi connectivity index (χ2n) is 4.39. The highest BCUT2D eigenvalue weighted by atomic mass is 16.1. The first-order chi connectivity index (χ1) is 9.24. The quantitative estimate of drug-likeness (QED) is 0.761. The molecule has 0 aliphatic rings. The first kappa shape index (κ1) is 11.5. The van der Waals surface area contributed by atoms with Crippen LogP contribution < -0.4 is 5.69 Å². The molecule has 0 spiro atoms. The number of benzene rings is 2. The van der Waals surface area contributed by atoms with Gasteiger partial charge >= 0.3 is 5.69 Å². The average molecular weight is 251 g/mol. The molecule has 3 rings (SSSR count). The maximum Gasteiger partial charge on any atom is 0.362 e. The molecule has 0 unspecified atom stereocenters. The average Bonchev–Trinajstić information content (AvgIpc) is 2.83. The van der Waals surface area contributed by atoms with Gasteiger partial charge in [0.1, 0.15) is 0 Å². The molecule has 1 aromatic heterocycles. The number of aromatic nitrogens is 3. The monoisotopic (exact) mass is 251 g/mol. The molecular formula is C15H13N3O. The Bertz CT molecular complexity index is 739. The maximum absolute atomic E-state index is 11.5. The fourth-order valence-electron chi connectivity index (χ4n) is 1.98. The van der Waals surface area contributed by atoms with Gasteiger partial charge in [-0.05, 0) is 19.1 Å². The van der Waals surface area contributed by atoms with Crippen LogP contribution in [-0.2, 0) is 0 Å². The molecule has 0 aliphatic carbocycles. The Balaban J connectivity index is 2.17. The van der Waals surface area contributed by atoms with Crippen LogP contribution in [0.2, 0.25) is 0 Å². The summed E-state index contributed by atoms with van der Waals surface area (Å²) in [6, 6.07) is 17.6. The lowest BCUT2D eigenvalue weighted by Gasteiger charge is -2.07. The lowest BCUT2D eigenvalue weighted by Crippen LogP contribution is -2.05. The SMILES string of the molecule is Cc1ccc(-n2[nH]c(=O)nc2-c2ccccc2)cc1. The maximum atomic E-state index is 11.5. The van der Waals surface area contributed by atoms with Crippen molar-refractivity contribution in [2.45, 2.75) is 6.92 Å². The number of rotatable bonds is 2. The summed E-state index contributed by atoms with van der Waals surface area (Å²) >= 11 is 0. The molecule has 0 saturated heterocycles. The number of aromatic amines is 1. The van der Waals surface area contributed by atoms with Crippen LogP contribution in [0, 0.1) is 6.92 Å². The largest absolute Gasteiger partial charge is 0.362 e. The molecule has 0 saturated carbocycles. The zero-order chi connectivity index (χ0) is 13.2. The highest BCUT2D eigenvalue weighted by Gasteiger charge is 2.09. The van der Waals surface area contributed by atoms with Crippen LogP contribution in [0.5, 0.6) is 0 Å². The summed E-state index contributed by atoms with van der Waals surface area (Å²) in [4.78, 5) is 15.6. The predicted molar refractivity (Wildman–Crippen MR) is 74.4 cm³/mol. The molecule has 2 aromatic carbocycles. The highest BCUT2D eigenvalue weighted by molar-refractivity contribution is 5.57. The van der Waals surface area contributed by atoms with E-state index in [4.69, 9.17) is 0 Å². The second-order valence-corrected chi connectivity index (χ2v) is 4.39. The lowest BCUT2D eigenvalue weighted by atomic mass is 10.2. The molecule has 0 fully saturated rings. The Hall–Kier alpha value is -2.62. The van der Waals surface area contributed by atoms with Crippen molar-refractivity contribution in [3.63, 3.8) is 0 Å². The third kappa shape index (κ3) is 2.20. The van der Waals surface area contributed by atoms with E-state index in [9.17, 15) is 4.79 Å². The minimum Gasteiger partial charge on any atom is -0.244 e. The van der Waals surface area contributed by atoms with Gasteiger partial charge in [0.15, 0.2) is 5.82 Å². The van der Waals surface area contributed by atoms with Crippen molar-refractivity contribution in [1.82, 2.24) is 14.8 Å². The summed E-state index contributed by atoms with van der Waals surface area (Å²) in [6.07, 6.45) is 0. The van der Waals surface area contributed by atoms with E-state index in [1.54, 1.807) is 4.68 Å². The normalized spacial score (nSPS) is 10.6. The van der Waals surface area contributed by atoms with Crippen molar-refractivity contribution in [2.24, 2.45) is 0 Å². The van der Waals surface area contributed by atoms with Crippen LogP contribution in [0.25, 0.3) is 17.1 Å². The third-order valence-electron chi connectivity index (χ3n) is 2.95. The zero-order valence-corrected chi connectivity index (χ0v) is 10.5. The fraction of sp³-hybridized carbons (Fsp3) is 0.0667. The topological polar surface area (TPSA) is 50.7 Å². The molecule has 0 radical (unpaired) electrons. The van der Waals surface area contributed by atoms with Crippen LogP contribution in [0.15, 0.2) is 59.4 Å². The molecule has 0 amide bonds. The Morgan fingerprint density at radius 3 is 2.37 bits per heavy atom. The summed E-state index contributed by atoms with van der Waals surface area (Å²) in [7, 11) is 0. The summed E-state index contributed by atoms with van der Waals surface area (Å²) in [5.41, 5.74) is 2.62. The molecule has 1 N–H and O–H groups in total. The highest BCUT2D eigenvalue weighted by Crippen LogP contribution is 2.18. The van der Waals surface area contributed by atoms with Gasteiger partial charge in [0, 0.05) is 5.56 Å². The number of nitrogens with one attached hydrogen (secondary N) is 1. The number of nitrogens with zero attached hydrogens (tertiary/aromatic N) is 2. The standard InChI is InChI=1S/C15H13N3O/c1-11-7-9-13(10-8-11)18-14(16-15(19)17-18)12-5-3-2-4-6-12/h2-10H,1H3,(H,17,19). The summed E-state index contributed by atoms with van der Waals surface area (Å²) < 4.78 is 1.71. The van der Waals surface area contributed by atoms with Gasteiger partial charge in [-0.15, -0.1) is 0 Å². The van der Waals surface area contributed by atoms with Gasteiger partial charge in [0.25, 0.3) is 0 Å². The van der Waals surface area contributed by atoms with E-state index in [1.807, 2.05) is 61.5 Å². The van der Waals surface area contributed by atoms with Crippen molar-refractivity contribution in [1.29, 1.82) is 0 Å². The van der Waals surface area contributed by atoms with Gasteiger partial charge < -0.3 is 0 Å².